The number of rotatable bonds is 3. The van der Waals surface area contributed by atoms with E-state index in [0.29, 0.717) is 17.2 Å². The Morgan fingerprint density at radius 2 is 2.23 bits per heavy atom. The fourth-order valence-corrected chi connectivity index (χ4v) is 2.62. The molecule has 2 N–H and O–H groups in total. The molecule has 1 amide bonds. The van der Waals surface area contributed by atoms with Gasteiger partial charge in [-0.2, -0.15) is 0 Å². The molecule has 1 aromatic rings. The quantitative estimate of drug-likeness (QED) is 0.895. The maximum absolute atomic E-state index is 14.2. The average Bonchev–Trinajstić information content (AvgIpc) is 2.41. The summed E-state index contributed by atoms with van der Waals surface area (Å²) >= 11 is 0. The van der Waals surface area contributed by atoms with Gasteiger partial charge in [-0.1, -0.05) is 6.07 Å². The summed E-state index contributed by atoms with van der Waals surface area (Å²) in [6.07, 6.45) is 2.43. The zero-order valence-electron chi connectivity index (χ0n) is 13.5. The van der Waals surface area contributed by atoms with Crippen molar-refractivity contribution in [2.45, 2.75) is 45.6 Å². The first kappa shape index (κ1) is 16.7. The van der Waals surface area contributed by atoms with Gasteiger partial charge in [0.25, 0.3) is 0 Å². The lowest BCUT2D eigenvalue weighted by Gasteiger charge is -2.23. The molecule has 1 aliphatic rings. The van der Waals surface area contributed by atoms with E-state index in [1.165, 1.54) is 6.07 Å². The van der Waals surface area contributed by atoms with E-state index in [0.717, 1.165) is 32.4 Å². The van der Waals surface area contributed by atoms with E-state index in [9.17, 15) is 9.18 Å². The van der Waals surface area contributed by atoms with Gasteiger partial charge < -0.3 is 10.1 Å². The van der Waals surface area contributed by atoms with E-state index < -0.39 is 11.7 Å². The monoisotopic (exact) mass is 308 g/mol. The number of carbonyl (C=O) groups excluding carboxylic acids is 1. The molecule has 0 radical (unpaired) electrons. The summed E-state index contributed by atoms with van der Waals surface area (Å²) < 4.78 is 19.3. The third-order valence-electron chi connectivity index (χ3n) is 3.61. The number of anilines is 1. The van der Waals surface area contributed by atoms with Gasteiger partial charge in [0.15, 0.2) is 0 Å². The zero-order valence-corrected chi connectivity index (χ0v) is 13.5. The van der Waals surface area contributed by atoms with Gasteiger partial charge in [0.1, 0.15) is 11.4 Å². The standard InChI is InChI=1S/C17H25FN2O2/c1-17(2,3)22-16(21)20-14-7-6-13(15(18)10-14)9-12-5-4-8-19-11-12/h6-7,10,12,19H,4-5,8-9,11H2,1-3H3,(H,20,21). The number of carbonyl (C=O) groups is 1. The SMILES string of the molecule is CC(C)(C)OC(=O)Nc1ccc(CC2CCCNC2)c(F)c1. The molecule has 1 aliphatic heterocycles. The molecule has 1 atom stereocenters. The van der Waals surface area contributed by atoms with Crippen molar-refractivity contribution >= 4 is 11.8 Å². The van der Waals surface area contributed by atoms with Crippen molar-refractivity contribution in [3.8, 4) is 0 Å². The van der Waals surface area contributed by atoms with E-state index in [-0.39, 0.29) is 5.82 Å². The van der Waals surface area contributed by atoms with Crippen molar-refractivity contribution in [3.63, 3.8) is 0 Å². The third-order valence-corrected chi connectivity index (χ3v) is 3.61. The van der Waals surface area contributed by atoms with Crippen molar-refractivity contribution in [2.75, 3.05) is 18.4 Å². The Morgan fingerprint density at radius 1 is 1.45 bits per heavy atom. The molecule has 1 saturated heterocycles. The Kier molecular flexibility index (Phi) is 5.40. The van der Waals surface area contributed by atoms with Crippen LogP contribution in [0.15, 0.2) is 18.2 Å². The van der Waals surface area contributed by atoms with Gasteiger partial charge >= 0.3 is 6.09 Å². The second-order valence-electron chi connectivity index (χ2n) is 6.85. The minimum atomic E-state index is -0.573. The molecule has 0 spiro atoms. The maximum atomic E-state index is 14.2. The lowest BCUT2D eigenvalue weighted by molar-refractivity contribution is 0.0636. The van der Waals surface area contributed by atoms with Crippen LogP contribution in [-0.4, -0.2) is 24.8 Å². The number of ether oxygens (including phenoxy) is 1. The van der Waals surface area contributed by atoms with Crippen molar-refractivity contribution in [1.82, 2.24) is 5.32 Å². The molecule has 1 aromatic carbocycles. The molecular formula is C17H25FN2O2. The highest BCUT2D eigenvalue weighted by Crippen LogP contribution is 2.21. The average molecular weight is 308 g/mol. The van der Waals surface area contributed by atoms with Crippen molar-refractivity contribution in [1.29, 1.82) is 0 Å². The molecule has 0 saturated carbocycles. The number of nitrogens with one attached hydrogen (secondary N) is 2. The molecule has 1 heterocycles. The first-order valence-electron chi connectivity index (χ1n) is 7.82. The highest BCUT2D eigenvalue weighted by molar-refractivity contribution is 5.84. The molecule has 5 heteroatoms. The summed E-state index contributed by atoms with van der Waals surface area (Å²) in [6.45, 7) is 7.35. The van der Waals surface area contributed by atoms with Crippen LogP contribution in [0.3, 0.4) is 0 Å². The number of amides is 1. The van der Waals surface area contributed by atoms with E-state index in [2.05, 4.69) is 10.6 Å². The minimum absolute atomic E-state index is 0.279. The van der Waals surface area contributed by atoms with E-state index in [4.69, 9.17) is 4.74 Å². The maximum Gasteiger partial charge on any atom is 0.412 e. The lowest BCUT2D eigenvalue weighted by Crippen LogP contribution is -2.31. The molecule has 1 fully saturated rings. The highest BCUT2D eigenvalue weighted by atomic mass is 19.1. The molecule has 122 valence electrons. The fraction of sp³-hybridized carbons (Fsp3) is 0.588. The number of piperidine rings is 1. The summed E-state index contributed by atoms with van der Waals surface area (Å²) in [5.41, 5.74) is 0.539. The Balaban J connectivity index is 1.95. The van der Waals surface area contributed by atoms with Crippen LogP contribution in [0.2, 0.25) is 0 Å². The Labute approximate surface area is 131 Å². The summed E-state index contributed by atoms with van der Waals surface area (Å²) in [6, 6.07) is 4.82. The number of hydrogen-bond donors (Lipinski definition) is 2. The summed E-state index contributed by atoms with van der Waals surface area (Å²) in [5.74, 6) is 0.201. The van der Waals surface area contributed by atoms with Gasteiger partial charge in [-0.3, -0.25) is 5.32 Å². The summed E-state index contributed by atoms with van der Waals surface area (Å²) in [4.78, 5) is 11.7. The fourth-order valence-electron chi connectivity index (χ4n) is 2.62. The normalized spacial score (nSPS) is 18.8. The summed E-state index contributed by atoms with van der Waals surface area (Å²) in [5, 5.41) is 5.89. The first-order chi connectivity index (χ1) is 10.3. The Hall–Kier alpha value is -1.62. The number of hydrogen-bond acceptors (Lipinski definition) is 3. The third kappa shape index (κ3) is 5.30. The molecule has 22 heavy (non-hydrogen) atoms. The number of halogens is 1. The molecule has 0 aliphatic carbocycles. The van der Waals surface area contributed by atoms with Crippen LogP contribution < -0.4 is 10.6 Å². The number of benzene rings is 1. The van der Waals surface area contributed by atoms with Gasteiger partial charge in [-0.25, -0.2) is 9.18 Å². The Morgan fingerprint density at radius 3 is 2.82 bits per heavy atom. The van der Waals surface area contributed by atoms with Crippen LogP contribution in [0.5, 0.6) is 0 Å². The van der Waals surface area contributed by atoms with Crippen molar-refractivity contribution in [2.24, 2.45) is 5.92 Å². The first-order valence-corrected chi connectivity index (χ1v) is 7.82. The molecule has 4 nitrogen and oxygen atoms in total. The van der Waals surface area contributed by atoms with E-state index in [1.807, 2.05) is 0 Å². The predicted octanol–water partition coefficient (Wildman–Crippen LogP) is 3.71. The van der Waals surface area contributed by atoms with Crippen molar-refractivity contribution < 1.29 is 13.9 Å². The second kappa shape index (κ2) is 7.09. The second-order valence-corrected chi connectivity index (χ2v) is 6.85. The molecule has 1 unspecified atom stereocenters. The predicted molar refractivity (Wildman–Crippen MR) is 85.6 cm³/mol. The van der Waals surface area contributed by atoms with Gasteiger partial charge in [0, 0.05) is 5.69 Å². The Bertz CT molecular complexity index is 520. The van der Waals surface area contributed by atoms with Crippen molar-refractivity contribution in [3.05, 3.63) is 29.6 Å². The van der Waals surface area contributed by atoms with Gasteiger partial charge in [0.05, 0.1) is 0 Å². The van der Waals surface area contributed by atoms with Gasteiger partial charge in [0.2, 0.25) is 0 Å². The van der Waals surface area contributed by atoms with Crippen LogP contribution in [0, 0.1) is 11.7 Å². The van der Waals surface area contributed by atoms with Crippen LogP contribution in [0.1, 0.15) is 39.2 Å². The van der Waals surface area contributed by atoms with Crippen LogP contribution >= 0.6 is 0 Å². The zero-order chi connectivity index (χ0) is 16.2. The smallest absolute Gasteiger partial charge is 0.412 e. The highest BCUT2D eigenvalue weighted by Gasteiger charge is 2.18. The molecule has 0 bridgehead atoms. The topological polar surface area (TPSA) is 50.4 Å². The van der Waals surface area contributed by atoms with Crippen LogP contribution in [-0.2, 0) is 11.2 Å². The van der Waals surface area contributed by atoms with E-state index >= 15 is 0 Å². The largest absolute Gasteiger partial charge is 0.444 e. The molecule has 0 aromatic heterocycles. The molecule has 2 rings (SSSR count). The summed E-state index contributed by atoms with van der Waals surface area (Å²) in [7, 11) is 0. The molecular weight excluding hydrogens is 283 g/mol. The van der Waals surface area contributed by atoms with Gasteiger partial charge in [-0.05, 0) is 76.7 Å². The van der Waals surface area contributed by atoms with Crippen LogP contribution in [0.25, 0.3) is 0 Å². The van der Waals surface area contributed by atoms with E-state index in [1.54, 1.807) is 32.9 Å². The minimum Gasteiger partial charge on any atom is -0.444 e. The lowest BCUT2D eigenvalue weighted by atomic mass is 9.92. The van der Waals surface area contributed by atoms with Crippen LogP contribution in [0.4, 0.5) is 14.9 Å². The van der Waals surface area contributed by atoms with Gasteiger partial charge in [-0.15, -0.1) is 0 Å².